The van der Waals surface area contributed by atoms with Gasteiger partial charge >= 0.3 is 6.09 Å². The van der Waals surface area contributed by atoms with Crippen LogP contribution in [0.2, 0.25) is 0 Å². The van der Waals surface area contributed by atoms with E-state index in [9.17, 15) is 23.2 Å². The average Bonchev–Trinajstić information content (AvgIpc) is 3.69. The number of carbonyl (C=O) groups excluding carboxylic acids is 3. The summed E-state index contributed by atoms with van der Waals surface area (Å²) >= 11 is 0. The molecule has 0 aliphatic carbocycles. The lowest BCUT2D eigenvalue weighted by Crippen LogP contribution is -2.45. The van der Waals surface area contributed by atoms with Crippen LogP contribution in [0.5, 0.6) is 0 Å². The Balaban J connectivity index is 1.46. The van der Waals surface area contributed by atoms with Crippen molar-refractivity contribution < 1.29 is 27.9 Å². The summed E-state index contributed by atoms with van der Waals surface area (Å²) in [6.07, 6.45) is -0.171. The lowest BCUT2D eigenvalue weighted by Gasteiger charge is -2.37. The van der Waals surface area contributed by atoms with Crippen molar-refractivity contribution in [3.63, 3.8) is 0 Å². The SMILES string of the molecule is C=CC(=O)N1CCCC1Cn1c(NC(=O)c2ccc(C(F)F)cc2)nc2cc(CN(C(=O)OCc3ccccc3)[C@@H](C)C(C)(C)C)ccc21. The van der Waals surface area contributed by atoms with E-state index in [2.05, 4.69) is 32.7 Å². The zero-order chi connectivity index (χ0) is 35.3. The van der Waals surface area contributed by atoms with Crippen LogP contribution < -0.4 is 5.32 Å². The highest BCUT2D eigenvalue weighted by atomic mass is 19.3. The molecule has 1 aromatic heterocycles. The van der Waals surface area contributed by atoms with Crippen molar-refractivity contribution in [3.8, 4) is 0 Å². The number of imidazole rings is 1. The molecule has 11 heteroatoms. The normalized spacial score (nSPS) is 15.3. The van der Waals surface area contributed by atoms with Gasteiger partial charge in [0.25, 0.3) is 12.3 Å². The van der Waals surface area contributed by atoms with E-state index in [0.29, 0.717) is 18.6 Å². The molecule has 1 N–H and O–H groups in total. The van der Waals surface area contributed by atoms with Gasteiger partial charge in [-0.3, -0.25) is 14.9 Å². The number of ether oxygens (including phenoxy) is 1. The van der Waals surface area contributed by atoms with E-state index in [1.54, 1.807) is 9.80 Å². The maximum absolute atomic E-state index is 13.5. The van der Waals surface area contributed by atoms with Gasteiger partial charge in [0.1, 0.15) is 6.61 Å². The molecule has 1 aliphatic rings. The van der Waals surface area contributed by atoms with Crippen LogP contribution >= 0.6 is 0 Å². The molecule has 3 aromatic carbocycles. The predicted octanol–water partition coefficient (Wildman–Crippen LogP) is 7.98. The monoisotopic (exact) mass is 671 g/mol. The minimum atomic E-state index is -2.64. The van der Waals surface area contributed by atoms with Crippen molar-refractivity contribution in [2.45, 2.75) is 78.7 Å². The van der Waals surface area contributed by atoms with Gasteiger partial charge in [-0.2, -0.15) is 0 Å². The number of hydrogen-bond acceptors (Lipinski definition) is 5. The molecule has 9 nitrogen and oxygen atoms in total. The number of alkyl halides is 2. The average molecular weight is 672 g/mol. The molecule has 258 valence electrons. The number of benzene rings is 3. The molecule has 0 saturated carbocycles. The quantitative estimate of drug-likeness (QED) is 0.163. The number of fused-ring (bicyclic) bond motifs is 1. The molecule has 0 bridgehead atoms. The molecule has 0 radical (unpaired) electrons. The van der Waals surface area contributed by atoms with Crippen molar-refractivity contribution in [2.24, 2.45) is 5.41 Å². The number of likely N-dealkylation sites (tertiary alicyclic amines) is 1. The number of nitrogens with zero attached hydrogens (tertiary/aromatic N) is 4. The van der Waals surface area contributed by atoms with E-state index in [4.69, 9.17) is 9.72 Å². The topological polar surface area (TPSA) is 96.8 Å². The summed E-state index contributed by atoms with van der Waals surface area (Å²) in [7, 11) is 0. The molecule has 49 heavy (non-hydrogen) atoms. The molecular formula is C38H43F2N5O4. The smallest absolute Gasteiger partial charge is 0.410 e. The van der Waals surface area contributed by atoms with Crippen LogP contribution in [0, 0.1) is 5.41 Å². The number of anilines is 1. The highest BCUT2D eigenvalue weighted by Crippen LogP contribution is 2.30. The van der Waals surface area contributed by atoms with Gasteiger partial charge in [-0.05, 0) is 66.6 Å². The largest absolute Gasteiger partial charge is 0.445 e. The number of hydrogen-bond donors (Lipinski definition) is 1. The molecule has 3 amide bonds. The molecule has 1 saturated heterocycles. The third-order valence-corrected chi connectivity index (χ3v) is 9.20. The van der Waals surface area contributed by atoms with Gasteiger partial charge in [-0.15, -0.1) is 0 Å². The Labute approximate surface area is 285 Å². The van der Waals surface area contributed by atoms with Gasteiger partial charge in [-0.1, -0.05) is 75.9 Å². The first-order chi connectivity index (χ1) is 23.3. The Hall–Kier alpha value is -5.06. The van der Waals surface area contributed by atoms with E-state index in [-0.39, 0.29) is 53.6 Å². The zero-order valence-electron chi connectivity index (χ0n) is 28.4. The number of carbonyl (C=O) groups is 3. The maximum Gasteiger partial charge on any atom is 0.410 e. The summed E-state index contributed by atoms with van der Waals surface area (Å²) in [6.45, 7) is 13.2. The van der Waals surface area contributed by atoms with Gasteiger partial charge in [0.15, 0.2) is 0 Å². The summed E-state index contributed by atoms with van der Waals surface area (Å²) in [5.41, 5.74) is 2.81. The van der Waals surface area contributed by atoms with Crippen LogP contribution in [-0.4, -0.2) is 55.9 Å². The molecule has 5 rings (SSSR count). The van der Waals surface area contributed by atoms with E-state index in [1.807, 2.05) is 60.0 Å². The summed E-state index contributed by atoms with van der Waals surface area (Å²) in [4.78, 5) is 47.7. The highest BCUT2D eigenvalue weighted by molar-refractivity contribution is 6.04. The molecule has 0 spiro atoms. The molecule has 4 aromatic rings. The fourth-order valence-electron chi connectivity index (χ4n) is 5.98. The van der Waals surface area contributed by atoms with Gasteiger partial charge in [-0.25, -0.2) is 18.6 Å². The second kappa shape index (κ2) is 15.0. The first-order valence-electron chi connectivity index (χ1n) is 16.4. The van der Waals surface area contributed by atoms with Gasteiger partial charge < -0.3 is 19.1 Å². The van der Waals surface area contributed by atoms with Crippen LogP contribution in [0.1, 0.15) is 74.0 Å². The van der Waals surface area contributed by atoms with Crippen molar-refractivity contribution in [1.29, 1.82) is 0 Å². The van der Waals surface area contributed by atoms with Crippen molar-refractivity contribution >= 4 is 34.9 Å². The van der Waals surface area contributed by atoms with Crippen LogP contribution in [0.3, 0.4) is 0 Å². The van der Waals surface area contributed by atoms with Gasteiger partial charge in [0.05, 0.1) is 17.1 Å². The Bertz CT molecular complexity index is 1800. The Morgan fingerprint density at radius 2 is 1.78 bits per heavy atom. The molecule has 2 atom stereocenters. The Morgan fingerprint density at radius 3 is 2.43 bits per heavy atom. The Morgan fingerprint density at radius 1 is 1.06 bits per heavy atom. The maximum atomic E-state index is 13.5. The molecular weight excluding hydrogens is 628 g/mol. The molecule has 1 fully saturated rings. The first-order valence-corrected chi connectivity index (χ1v) is 16.4. The summed E-state index contributed by atoms with van der Waals surface area (Å²) < 4.78 is 33.8. The van der Waals surface area contributed by atoms with Crippen molar-refractivity contribution in [3.05, 3.63) is 108 Å². The second-order valence-electron chi connectivity index (χ2n) is 13.5. The van der Waals surface area contributed by atoms with Crippen molar-refractivity contribution in [1.82, 2.24) is 19.4 Å². The molecule has 1 aliphatic heterocycles. The minimum Gasteiger partial charge on any atom is -0.445 e. The fourth-order valence-corrected chi connectivity index (χ4v) is 5.98. The number of aromatic nitrogens is 2. The lowest BCUT2D eigenvalue weighted by molar-refractivity contribution is -0.126. The number of rotatable bonds is 11. The van der Waals surface area contributed by atoms with E-state index >= 15 is 0 Å². The van der Waals surface area contributed by atoms with Crippen LogP contribution in [0.15, 0.2) is 85.5 Å². The van der Waals surface area contributed by atoms with Crippen LogP contribution in [-0.2, 0) is 29.2 Å². The lowest BCUT2D eigenvalue weighted by atomic mass is 9.87. The third-order valence-electron chi connectivity index (χ3n) is 9.20. The highest BCUT2D eigenvalue weighted by Gasteiger charge is 2.32. The van der Waals surface area contributed by atoms with E-state index in [0.717, 1.165) is 29.5 Å². The van der Waals surface area contributed by atoms with Gasteiger partial charge in [0, 0.05) is 36.8 Å². The molecule has 2 heterocycles. The molecule has 1 unspecified atom stereocenters. The number of amides is 3. The predicted molar refractivity (Wildman–Crippen MR) is 185 cm³/mol. The van der Waals surface area contributed by atoms with Crippen LogP contribution in [0.25, 0.3) is 11.0 Å². The number of halogens is 2. The summed E-state index contributed by atoms with van der Waals surface area (Å²) in [6, 6.07) is 20.0. The zero-order valence-corrected chi connectivity index (χ0v) is 28.4. The summed E-state index contributed by atoms with van der Waals surface area (Å²) in [5.74, 6) is -0.407. The standard InChI is InChI=1S/C38H43F2N5O4/c1-6-33(46)43-20-10-13-30(43)23-45-32-19-14-27(21-31(32)41-36(45)42-35(47)29-17-15-28(16-18-29)34(39)40)22-44(25(2)38(3,4)5)37(48)49-24-26-11-8-7-9-12-26/h6-9,11-12,14-19,21,25,30,34H,1,10,13,20,22-24H2,2-5H3,(H,41,42,47)/t25-,30?/m0/s1. The van der Waals surface area contributed by atoms with Gasteiger partial charge in [0.2, 0.25) is 11.9 Å². The minimum absolute atomic E-state index is 0.147. The van der Waals surface area contributed by atoms with Crippen LogP contribution in [0.4, 0.5) is 19.5 Å². The number of nitrogens with one attached hydrogen (secondary N) is 1. The van der Waals surface area contributed by atoms with Crippen molar-refractivity contribution in [2.75, 3.05) is 11.9 Å². The van der Waals surface area contributed by atoms with E-state index in [1.165, 1.54) is 30.3 Å². The third kappa shape index (κ3) is 8.33. The van der Waals surface area contributed by atoms with E-state index < -0.39 is 18.4 Å². The fraction of sp³-hybridized carbons (Fsp3) is 0.368. The summed E-state index contributed by atoms with van der Waals surface area (Å²) in [5, 5.41) is 2.86. The Kier molecular flexibility index (Phi) is 10.8. The first kappa shape index (κ1) is 35.3. The second-order valence-corrected chi connectivity index (χ2v) is 13.5.